The van der Waals surface area contributed by atoms with Gasteiger partial charge in [-0.1, -0.05) is 24.9 Å². The molecule has 1 aromatic rings. The van der Waals surface area contributed by atoms with Gasteiger partial charge in [-0.05, 0) is 31.5 Å². The van der Waals surface area contributed by atoms with Crippen LogP contribution in [0.4, 0.5) is 4.39 Å². The largest absolute Gasteiger partial charge is 0.480 e. The highest BCUT2D eigenvalue weighted by Crippen LogP contribution is 2.22. The summed E-state index contributed by atoms with van der Waals surface area (Å²) < 4.78 is 39.4. The van der Waals surface area contributed by atoms with Gasteiger partial charge in [-0.3, -0.25) is 4.79 Å². The molecule has 0 saturated carbocycles. The van der Waals surface area contributed by atoms with Crippen LogP contribution in [0.3, 0.4) is 0 Å². The van der Waals surface area contributed by atoms with E-state index in [-0.39, 0.29) is 16.3 Å². The van der Waals surface area contributed by atoms with E-state index >= 15 is 0 Å². The van der Waals surface area contributed by atoms with Gasteiger partial charge in [0.05, 0.1) is 9.92 Å². The second kappa shape index (κ2) is 6.07. The molecule has 1 atom stereocenters. The molecular formula is C12H15ClFNO4S. The summed E-state index contributed by atoms with van der Waals surface area (Å²) >= 11 is 5.53. The van der Waals surface area contributed by atoms with Crippen LogP contribution in [-0.2, 0) is 14.8 Å². The van der Waals surface area contributed by atoms with Crippen molar-refractivity contribution in [2.24, 2.45) is 0 Å². The van der Waals surface area contributed by atoms with Crippen molar-refractivity contribution in [2.45, 2.75) is 37.1 Å². The molecule has 0 aliphatic heterocycles. The Balaban J connectivity index is 3.16. The van der Waals surface area contributed by atoms with Crippen LogP contribution in [0.25, 0.3) is 0 Å². The molecule has 2 N–H and O–H groups in total. The highest BCUT2D eigenvalue weighted by molar-refractivity contribution is 7.89. The third-order valence-corrected chi connectivity index (χ3v) is 4.67. The molecule has 0 saturated heterocycles. The lowest BCUT2D eigenvalue weighted by Crippen LogP contribution is -2.51. The quantitative estimate of drug-likeness (QED) is 0.842. The number of carboxylic acid groups (broad SMARTS) is 1. The molecule has 0 aromatic heterocycles. The number of nitrogens with one attached hydrogen (secondary N) is 1. The molecule has 112 valence electrons. The first-order valence-corrected chi connectivity index (χ1v) is 7.71. The van der Waals surface area contributed by atoms with Gasteiger partial charge in [0, 0.05) is 0 Å². The minimum absolute atomic E-state index is 0.122. The van der Waals surface area contributed by atoms with Crippen LogP contribution < -0.4 is 4.72 Å². The Kier molecular flexibility index (Phi) is 5.12. The number of carboxylic acids is 1. The number of sulfonamides is 1. The second-order valence-corrected chi connectivity index (χ2v) is 6.66. The Morgan fingerprint density at radius 3 is 2.55 bits per heavy atom. The lowest BCUT2D eigenvalue weighted by atomic mass is 9.98. The van der Waals surface area contributed by atoms with Crippen LogP contribution in [0, 0.1) is 5.82 Å². The number of rotatable bonds is 6. The Morgan fingerprint density at radius 1 is 1.50 bits per heavy atom. The van der Waals surface area contributed by atoms with E-state index < -0.39 is 27.3 Å². The normalized spacial score (nSPS) is 14.8. The van der Waals surface area contributed by atoms with E-state index in [0.717, 1.165) is 18.2 Å². The summed E-state index contributed by atoms with van der Waals surface area (Å²) in [5, 5.41) is 8.81. The molecule has 0 bridgehead atoms. The number of aliphatic carboxylic acids is 1. The van der Waals surface area contributed by atoms with Crippen molar-refractivity contribution >= 4 is 27.6 Å². The third kappa shape index (κ3) is 3.68. The topological polar surface area (TPSA) is 83.5 Å². The highest BCUT2D eigenvalue weighted by atomic mass is 35.5. The maximum absolute atomic E-state index is 13.0. The first-order chi connectivity index (χ1) is 9.12. The standard InChI is InChI=1S/C12H15ClFNO4S/c1-3-6-12(2,11(16)17)15-20(18,19)8-4-5-10(14)9(13)7-8/h4-5,7,15H,3,6H2,1-2H3,(H,16,17). The zero-order valence-electron chi connectivity index (χ0n) is 11.0. The van der Waals surface area contributed by atoms with Crippen LogP contribution in [0.2, 0.25) is 5.02 Å². The van der Waals surface area contributed by atoms with Gasteiger partial charge in [-0.25, -0.2) is 12.8 Å². The number of carbonyl (C=O) groups is 1. The molecule has 0 amide bonds. The monoisotopic (exact) mass is 323 g/mol. The molecule has 1 rings (SSSR count). The van der Waals surface area contributed by atoms with E-state index in [9.17, 15) is 17.6 Å². The summed E-state index contributed by atoms with van der Waals surface area (Å²) in [5.41, 5.74) is -1.63. The van der Waals surface area contributed by atoms with Crippen molar-refractivity contribution in [1.29, 1.82) is 0 Å². The summed E-state index contributed by atoms with van der Waals surface area (Å²) in [7, 11) is -4.11. The SMILES string of the molecule is CCCC(C)(NS(=O)(=O)c1ccc(F)c(Cl)c1)C(=O)O. The number of hydrogen-bond acceptors (Lipinski definition) is 3. The number of halogens is 2. The van der Waals surface area contributed by atoms with E-state index in [1.807, 2.05) is 0 Å². The summed E-state index contributed by atoms with van der Waals surface area (Å²) in [4.78, 5) is 10.9. The van der Waals surface area contributed by atoms with Crippen molar-refractivity contribution in [3.63, 3.8) is 0 Å². The van der Waals surface area contributed by atoms with Gasteiger partial charge in [0.15, 0.2) is 0 Å². The highest BCUT2D eigenvalue weighted by Gasteiger charge is 2.37. The summed E-state index contributed by atoms with van der Waals surface area (Å²) in [5.74, 6) is -2.03. The minimum atomic E-state index is -4.11. The second-order valence-electron chi connectivity index (χ2n) is 4.57. The molecular weight excluding hydrogens is 309 g/mol. The molecule has 0 fully saturated rings. The third-order valence-electron chi connectivity index (χ3n) is 2.78. The van der Waals surface area contributed by atoms with Crippen molar-refractivity contribution < 1.29 is 22.7 Å². The smallest absolute Gasteiger partial charge is 0.324 e. The predicted molar refractivity (Wildman–Crippen MR) is 72.7 cm³/mol. The summed E-state index contributed by atoms with van der Waals surface area (Å²) in [6, 6.07) is 2.88. The summed E-state index contributed by atoms with van der Waals surface area (Å²) in [6.07, 6.45) is 0.603. The molecule has 5 nitrogen and oxygen atoms in total. The molecule has 0 radical (unpaired) electrons. The average molecular weight is 324 g/mol. The maximum atomic E-state index is 13.0. The zero-order chi connectivity index (χ0) is 15.6. The van der Waals surface area contributed by atoms with E-state index in [2.05, 4.69) is 4.72 Å². The molecule has 1 unspecified atom stereocenters. The van der Waals surface area contributed by atoms with Gasteiger partial charge in [-0.2, -0.15) is 4.72 Å². The lowest BCUT2D eigenvalue weighted by molar-refractivity contribution is -0.143. The zero-order valence-corrected chi connectivity index (χ0v) is 12.6. The molecule has 1 aromatic carbocycles. The Morgan fingerprint density at radius 2 is 2.10 bits per heavy atom. The van der Waals surface area contributed by atoms with Crippen molar-refractivity contribution in [3.8, 4) is 0 Å². The molecule has 0 aliphatic carbocycles. The molecule has 0 spiro atoms. The van der Waals surface area contributed by atoms with Gasteiger partial charge >= 0.3 is 5.97 Å². The van der Waals surface area contributed by atoms with Crippen molar-refractivity contribution in [3.05, 3.63) is 29.0 Å². The first kappa shape index (κ1) is 16.9. The number of hydrogen-bond donors (Lipinski definition) is 2. The van der Waals surface area contributed by atoms with Crippen molar-refractivity contribution in [1.82, 2.24) is 4.72 Å². The Labute approximate surface area is 121 Å². The van der Waals surface area contributed by atoms with Crippen LogP contribution >= 0.6 is 11.6 Å². The Hall–Kier alpha value is -1.18. The van der Waals surface area contributed by atoms with Gasteiger partial charge in [0.1, 0.15) is 11.4 Å². The molecule has 0 aliphatic rings. The average Bonchev–Trinajstić information content (AvgIpc) is 2.31. The fourth-order valence-electron chi connectivity index (χ4n) is 1.70. The predicted octanol–water partition coefficient (Wildman–Crippen LogP) is 2.40. The van der Waals surface area contributed by atoms with Gasteiger partial charge in [0.2, 0.25) is 10.0 Å². The molecule has 20 heavy (non-hydrogen) atoms. The van der Waals surface area contributed by atoms with Gasteiger partial charge < -0.3 is 5.11 Å². The summed E-state index contributed by atoms with van der Waals surface area (Å²) in [6.45, 7) is 3.02. The lowest BCUT2D eigenvalue weighted by Gasteiger charge is -2.25. The van der Waals surface area contributed by atoms with Crippen LogP contribution in [0.15, 0.2) is 23.1 Å². The fraction of sp³-hybridized carbons (Fsp3) is 0.417. The molecule has 8 heteroatoms. The molecule has 0 heterocycles. The van der Waals surface area contributed by atoms with Crippen LogP contribution in [-0.4, -0.2) is 25.0 Å². The van der Waals surface area contributed by atoms with Crippen LogP contribution in [0.5, 0.6) is 0 Å². The van der Waals surface area contributed by atoms with Gasteiger partial charge in [-0.15, -0.1) is 0 Å². The minimum Gasteiger partial charge on any atom is -0.480 e. The van der Waals surface area contributed by atoms with E-state index in [0.29, 0.717) is 6.42 Å². The van der Waals surface area contributed by atoms with Crippen LogP contribution in [0.1, 0.15) is 26.7 Å². The maximum Gasteiger partial charge on any atom is 0.324 e. The fourth-order valence-corrected chi connectivity index (χ4v) is 3.37. The first-order valence-electron chi connectivity index (χ1n) is 5.85. The van der Waals surface area contributed by atoms with Crippen molar-refractivity contribution in [2.75, 3.05) is 0 Å². The Bertz CT molecular complexity index is 620. The number of benzene rings is 1. The van der Waals surface area contributed by atoms with E-state index in [1.54, 1.807) is 6.92 Å². The van der Waals surface area contributed by atoms with E-state index in [1.165, 1.54) is 6.92 Å². The van der Waals surface area contributed by atoms with Gasteiger partial charge in [0.25, 0.3) is 0 Å². The van der Waals surface area contributed by atoms with E-state index in [4.69, 9.17) is 16.7 Å².